The SMILES string of the molecule is CN1CCCC1CNC(=O)C(F)(F)C(F)(F)F. The normalized spacial score (nSPS) is 22.8. The number of likely N-dealkylation sites (tertiary alicyclic amines) is 1. The molecular weight excluding hydrogens is 247 g/mol. The van der Waals surface area contributed by atoms with Crippen molar-refractivity contribution in [3.63, 3.8) is 0 Å². The van der Waals surface area contributed by atoms with Gasteiger partial charge in [-0.25, -0.2) is 0 Å². The van der Waals surface area contributed by atoms with Gasteiger partial charge in [0, 0.05) is 12.6 Å². The number of halogens is 5. The van der Waals surface area contributed by atoms with Crippen LogP contribution in [0.25, 0.3) is 0 Å². The summed E-state index contributed by atoms with van der Waals surface area (Å²) in [4.78, 5) is 12.6. The summed E-state index contributed by atoms with van der Waals surface area (Å²) in [5.74, 6) is -7.62. The van der Waals surface area contributed by atoms with Crippen LogP contribution in [0.5, 0.6) is 0 Å². The Morgan fingerprint density at radius 3 is 2.35 bits per heavy atom. The smallest absolute Gasteiger partial charge is 0.349 e. The number of nitrogens with one attached hydrogen (secondary N) is 1. The number of carbonyl (C=O) groups excluding carboxylic acids is 1. The lowest BCUT2D eigenvalue weighted by Gasteiger charge is -2.22. The van der Waals surface area contributed by atoms with E-state index in [1.54, 1.807) is 12.4 Å². The van der Waals surface area contributed by atoms with E-state index in [1.165, 1.54) is 0 Å². The van der Waals surface area contributed by atoms with Crippen molar-refractivity contribution in [2.75, 3.05) is 20.1 Å². The molecule has 1 unspecified atom stereocenters. The first kappa shape index (κ1) is 14.1. The topological polar surface area (TPSA) is 32.3 Å². The highest BCUT2D eigenvalue weighted by molar-refractivity contribution is 5.84. The van der Waals surface area contributed by atoms with E-state index in [9.17, 15) is 26.7 Å². The van der Waals surface area contributed by atoms with Crippen molar-refractivity contribution in [2.24, 2.45) is 0 Å². The molecule has 1 saturated heterocycles. The number of likely N-dealkylation sites (N-methyl/N-ethyl adjacent to an activating group) is 1. The molecule has 1 rings (SSSR count). The van der Waals surface area contributed by atoms with Gasteiger partial charge in [0.25, 0.3) is 5.91 Å². The number of hydrogen-bond donors (Lipinski definition) is 1. The minimum atomic E-state index is -5.85. The maximum atomic E-state index is 12.5. The van der Waals surface area contributed by atoms with E-state index < -0.39 is 18.0 Å². The third kappa shape index (κ3) is 3.05. The van der Waals surface area contributed by atoms with Crippen LogP contribution in [0.3, 0.4) is 0 Å². The Labute approximate surface area is 95.0 Å². The van der Waals surface area contributed by atoms with E-state index in [1.807, 2.05) is 4.90 Å². The quantitative estimate of drug-likeness (QED) is 0.778. The maximum Gasteiger partial charge on any atom is 0.463 e. The van der Waals surface area contributed by atoms with Crippen LogP contribution < -0.4 is 5.32 Å². The van der Waals surface area contributed by atoms with Gasteiger partial charge in [0.1, 0.15) is 0 Å². The summed E-state index contributed by atoms with van der Waals surface area (Å²) in [6.07, 6.45) is -4.33. The van der Waals surface area contributed by atoms with E-state index in [0.717, 1.165) is 13.0 Å². The lowest BCUT2D eigenvalue weighted by atomic mass is 10.2. The molecule has 0 radical (unpaired) electrons. The van der Waals surface area contributed by atoms with Crippen molar-refractivity contribution in [1.29, 1.82) is 0 Å². The van der Waals surface area contributed by atoms with Gasteiger partial charge in [0.05, 0.1) is 0 Å². The number of nitrogens with zero attached hydrogens (tertiary/aromatic N) is 1. The molecule has 0 aromatic rings. The monoisotopic (exact) mass is 260 g/mol. The molecule has 1 heterocycles. The van der Waals surface area contributed by atoms with Gasteiger partial charge in [-0.05, 0) is 26.4 Å². The molecule has 100 valence electrons. The fourth-order valence-corrected chi connectivity index (χ4v) is 1.69. The number of alkyl halides is 5. The summed E-state index contributed by atoms with van der Waals surface area (Å²) in [7, 11) is 1.73. The van der Waals surface area contributed by atoms with Crippen LogP contribution in [-0.2, 0) is 4.79 Å². The Hall–Kier alpha value is -0.920. The molecule has 1 amide bonds. The zero-order valence-corrected chi connectivity index (χ0v) is 9.15. The average Bonchev–Trinajstić information content (AvgIpc) is 2.58. The third-order valence-corrected chi connectivity index (χ3v) is 2.81. The lowest BCUT2D eigenvalue weighted by Crippen LogP contribution is -2.52. The first-order valence-electron chi connectivity index (χ1n) is 5.09. The minimum absolute atomic E-state index is 0.178. The van der Waals surface area contributed by atoms with Crippen LogP contribution >= 0.6 is 0 Å². The molecule has 1 aliphatic rings. The van der Waals surface area contributed by atoms with Gasteiger partial charge in [-0.3, -0.25) is 4.79 Å². The Morgan fingerprint density at radius 2 is 1.94 bits per heavy atom. The van der Waals surface area contributed by atoms with Crippen molar-refractivity contribution in [2.45, 2.75) is 31.0 Å². The average molecular weight is 260 g/mol. The van der Waals surface area contributed by atoms with Crippen LogP contribution in [0.1, 0.15) is 12.8 Å². The Balaban J connectivity index is 2.49. The predicted octanol–water partition coefficient (Wildman–Crippen LogP) is 1.39. The lowest BCUT2D eigenvalue weighted by molar-refractivity contribution is -0.269. The number of rotatable bonds is 3. The second-order valence-electron chi connectivity index (χ2n) is 4.06. The first-order valence-corrected chi connectivity index (χ1v) is 5.09. The standard InChI is InChI=1S/C9H13F5N2O/c1-16-4-2-3-6(16)5-15-7(17)8(10,11)9(12,13)14/h6H,2-5H2,1H3,(H,15,17). The zero-order chi connectivity index (χ0) is 13.3. The summed E-state index contributed by atoms with van der Waals surface area (Å²) in [6.45, 7) is 0.553. The van der Waals surface area contributed by atoms with E-state index in [4.69, 9.17) is 0 Å². The van der Waals surface area contributed by atoms with Crippen molar-refractivity contribution >= 4 is 5.91 Å². The second-order valence-corrected chi connectivity index (χ2v) is 4.06. The molecular formula is C9H13F5N2O. The third-order valence-electron chi connectivity index (χ3n) is 2.81. The molecule has 1 atom stereocenters. The molecule has 0 bridgehead atoms. The second kappa shape index (κ2) is 4.75. The van der Waals surface area contributed by atoms with Crippen LogP contribution in [0.2, 0.25) is 0 Å². The number of amides is 1. The molecule has 1 aliphatic heterocycles. The first-order chi connectivity index (χ1) is 7.66. The Bertz CT molecular complexity index is 292. The highest BCUT2D eigenvalue weighted by Crippen LogP contribution is 2.35. The van der Waals surface area contributed by atoms with Crippen molar-refractivity contribution in [3.05, 3.63) is 0 Å². The fourth-order valence-electron chi connectivity index (χ4n) is 1.69. The van der Waals surface area contributed by atoms with Crippen LogP contribution in [0, 0.1) is 0 Å². The molecule has 3 nitrogen and oxygen atoms in total. The minimum Gasteiger partial charge on any atom is -0.349 e. The van der Waals surface area contributed by atoms with E-state index in [0.29, 0.717) is 6.42 Å². The summed E-state index contributed by atoms with van der Waals surface area (Å²) in [5.41, 5.74) is 0. The van der Waals surface area contributed by atoms with Crippen molar-refractivity contribution < 1.29 is 26.7 Å². The van der Waals surface area contributed by atoms with E-state index in [-0.39, 0.29) is 12.6 Å². The van der Waals surface area contributed by atoms with Crippen LogP contribution in [0.15, 0.2) is 0 Å². The van der Waals surface area contributed by atoms with Crippen LogP contribution in [0.4, 0.5) is 22.0 Å². The maximum absolute atomic E-state index is 12.5. The van der Waals surface area contributed by atoms with Crippen molar-refractivity contribution in [1.82, 2.24) is 10.2 Å². The molecule has 0 aromatic carbocycles. The van der Waals surface area contributed by atoms with Gasteiger partial charge in [0.2, 0.25) is 0 Å². The summed E-state index contributed by atoms with van der Waals surface area (Å²) < 4.78 is 60.6. The van der Waals surface area contributed by atoms with E-state index >= 15 is 0 Å². The van der Waals surface area contributed by atoms with Crippen LogP contribution in [-0.4, -0.2) is 49.1 Å². The summed E-state index contributed by atoms with van der Waals surface area (Å²) in [6, 6.07) is -0.178. The molecule has 0 spiro atoms. The molecule has 0 saturated carbocycles. The molecule has 1 N–H and O–H groups in total. The molecule has 17 heavy (non-hydrogen) atoms. The van der Waals surface area contributed by atoms with Gasteiger partial charge in [-0.2, -0.15) is 22.0 Å². The Kier molecular flexibility index (Phi) is 3.95. The Morgan fingerprint density at radius 1 is 1.35 bits per heavy atom. The molecule has 0 aromatic heterocycles. The van der Waals surface area contributed by atoms with Gasteiger partial charge in [-0.1, -0.05) is 0 Å². The highest BCUT2D eigenvalue weighted by atomic mass is 19.4. The number of hydrogen-bond acceptors (Lipinski definition) is 2. The van der Waals surface area contributed by atoms with Gasteiger partial charge in [0.15, 0.2) is 0 Å². The molecule has 8 heteroatoms. The molecule has 1 fully saturated rings. The van der Waals surface area contributed by atoms with E-state index in [2.05, 4.69) is 0 Å². The fraction of sp³-hybridized carbons (Fsp3) is 0.889. The van der Waals surface area contributed by atoms with Gasteiger partial charge in [-0.15, -0.1) is 0 Å². The summed E-state index contributed by atoms with van der Waals surface area (Å²) in [5, 5.41) is 1.65. The van der Waals surface area contributed by atoms with Crippen molar-refractivity contribution in [3.8, 4) is 0 Å². The zero-order valence-electron chi connectivity index (χ0n) is 9.15. The highest BCUT2D eigenvalue weighted by Gasteiger charge is 2.63. The van der Waals surface area contributed by atoms with Gasteiger partial charge >= 0.3 is 12.1 Å². The number of carbonyl (C=O) groups is 1. The molecule has 0 aliphatic carbocycles. The summed E-state index contributed by atoms with van der Waals surface area (Å²) >= 11 is 0. The van der Waals surface area contributed by atoms with Gasteiger partial charge < -0.3 is 10.2 Å². The predicted molar refractivity (Wildman–Crippen MR) is 49.7 cm³/mol. The largest absolute Gasteiger partial charge is 0.463 e.